The summed E-state index contributed by atoms with van der Waals surface area (Å²) in [6.07, 6.45) is 2.34. The van der Waals surface area contributed by atoms with Crippen molar-refractivity contribution in [3.05, 3.63) is 29.6 Å². The van der Waals surface area contributed by atoms with Gasteiger partial charge in [0.1, 0.15) is 5.82 Å². The summed E-state index contributed by atoms with van der Waals surface area (Å²) in [6, 6.07) is 5.16. The van der Waals surface area contributed by atoms with Crippen molar-refractivity contribution in [3.63, 3.8) is 0 Å². The van der Waals surface area contributed by atoms with Crippen LogP contribution >= 0.6 is 0 Å². The van der Waals surface area contributed by atoms with Crippen molar-refractivity contribution in [2.45, 2.75) is 25.4 Å². The zero-order valence-electron chi connectivity index (χ0n) is 9.19. The molecule has 1 aliphatic carbocycles. The summed E-state index contributed by atoms with van der Waals surface area (Å²) in [5.74, 6) is -0.297. The van der Waals surface area contributed by atoms with Crippen LogP contribution in [0.1, 0.15) is 18.4 Å². The second-order valence-electron chi connectivity index (χ2n) is 4.32. The summed E-state index contributed by atoms with van der Waals surface area (Å²) in [5, 5.41) is 8.96. The van der Waals surface area contributed by atoms with E-state index in [0.29, 0.717) is 24.8 Å². The van der Waals surface area contributed by atoms with E-state index in [1.54, 1.807) is 6.07 Å². The average Bonchev–Trinajstić information content (AvgIpc) is 2.98. The molecule has 1 aromatic carbocycles. The molecule has 1 saturated carbocycles. The van der Waals surface area contributed by atoms with Crippen molar-refractivity contribution in [1.82, 2.24) is 4.90 Å². The van der Waals surface area contributed by atoms with Gasteiger partial charge in [-0.3, -0.25) is 4.90 Å². The number of aliphatic hydroxyl groups excluding tert-OH is 1. The first kappa shape index (κ1) is 11.4. The van der Waals surface area contributed by atoms with E-state index < -0.39 is 0 Å². The molecule has 0 saturated heterocycles. The van der Waals surface area contributed by atoms with Gasteiger partial charge in [-0.15, -0.1) is 0 Å². The predicted octanol–water partition coefficient (Wildman–Crippen LogP) is 1.36. The molecule has 0 atom stereocenters. The lowest BCUT2D eigenvalue weighted by molar-refractivity contribution is 0.183. The Balaban J connectivity index is 2.05. The lowest BCUT2D eigenvalue weighted by atomic mass is 10.2. The van der Waals surface area contributed by atoms with Gasteiger partial charge in [0.2, 0.25) is 0 Å². The number of aliphatic hydroxyl groups is 1. The van der Waals surface area contributed by atoms with E-state index in [-0.39, 0.29) is 12.4 Å². The molecule has 0 spiro atoms. The Bertz CT molecular complexity index is 346. The third kappa shape index (κ3) is 2.93. The summed E-state index contributed by atoms with van der Waals surface area (Å²) in [6.45, 7) is 1.44. The highest BCUT2D eigenvalue weighted by atomic mass is 19.1. The van der Waals surface area contributed by atoms with E-state index >= 15 is 0 Å². The highest BCUT2D eigenvalue weighted by molar-refractivity contribution is 5.41. The molecule has 3 nitrogen and oxygen atoms in total. The number of nitrogen functional groups attached to an aromatic ring is 1. The van der Waals surface area contributed by atoms with Gasteiger partial charge in [0, 0.05) is 24.8 Å². The van der Waals surface area contributed by atoms with Gasteiger partial charge in [-0.25, -0.2) is 4.39 Å². The fourth-order valence-corrected chi connectivity index (χ4v) is 1.96. The molecule has 4 heteroatoms. The molecule has 0 aromatic heterocycles. The van der Waals surface area contributed by atoms with Gasteiger partial charge in [0.15, 0.2) is 0 Å². The fraction of sp³-hybridized carbons (Fsp3) is 0.500. The van der Waals surface area contributed by atoms with Crippen molar-refractivity contribution in [2.75, 3.05) is 18.9 Å². The molecule has 0 bridgehead atoms. The van der Waals surface area contributed by atoms with Crippen molar-refractivity contribution in [2.24, 2.45) is 0 Å². The predicted molar refractivity (Wildman–Crippen MR) is 61.3 cm³/mol. The smallest absolute Gasteiger partial charge is 0.125 e. The van der Waals surface area contributed by atoms with Crippen LogP contribution in [0.15, 0.2) is 18.2 Å². The quantitative estimate of drug-likeness (QED) is 0.743. The van der Waals surface area contributed by atoms with Crippen LogP contribution in [-0.2, 0) is 6.54 Å². The van der Waals surface area contributed by atoms with Gasteiger partial charge < -0.3 is 10.8 Å². The van der Waals surface area contributed by atoms with Crippen molar-refractivity contribution in [3.8, 4) is 0 Å². The van der Waals surface area contributed by atoms with Crippen molar-refractivity contribution < 1.29 is 9.50 Å². The first-order chi connectivity index (χ1) is 7.69. The molecule has 16 heavy (non-hydrogen) atoms. The minimum atomic E-state index is -0.297. The number of halogens is 1. The van der Waals surface area contributed by atoms with Gasteiger partial charge in [-0.2, -0.15) is 0 Å². The average molecular weight is 224 g/mol. The zero-order valence-corrected chi connectivity index (χ0v) is 9.19. The molecule has 1 aromatic rings. The normalized spacial score (nSPS) is 15.7. The third-order valence-corrected chi connectivity index (χ3v) is 2.82. The third-order valence-electron chi connectivity index (χ3n) is 2.82. The standard InChI is InChI=1S/C12H17FN2O/c13-10-5-9(6-11(14)7-10)8-15(3-4-16)12-1-2-12/h5-7,12,16H,1-4,8,14H2. The van der Waals surface area contributed by atoms with Crippen LogP contribution in [0, 0.1) is 5.82 Å². The second-order valence-corrected chi connectivity index (χ2v) is 4.32. The molecule has 2 rings (SSSR count). The molecular formula is C12H17FN2O. The van der Waals surface area contributed by atoms with Gasteiger partial charge in [0.25, 0.3) is 0 Å². The first-order valence-corrected chi connectivity index (χ1v) is 5.59. The van der Waals surface area contributed by atoms with Gasteiger partial charge in [-0.1, -0.05) is 0 Å². The maximum Gasteiger partial charge on any atom is 0.125 e. The summed E-state index contributed by atoms with van der Waals surface area (Å²) in [7, 11) is 0. The molecular weight excluding hydrogens is 207 g/mol. The number of nitrogens with zero attached hydrogens (tertiary/aromatic N) is 1. The molecule has 1 fully saturated rings. The molecule has 0 unspecified atom stereocenters. The number of rotatable bonds is 5. The fourth-order valence-electron chi connectivity index (χ4n) is 1.96. The Hall–Kier alpha value is -1.13. The Labute approximate surface area is 94.7 Å². The van der Waals surface area contributed by atoms with Crippen LogP contribution in [0.4, 0.5) is 10.1 Å². The Morgan fingerprint density at radius 2 is 2.12 bits per heavy atom. The number of nitrogens with two attached hydrogens (primary N) is 1. The van der Waals surface area contributed by atoms with E-state index in [9.17, 15) is 4.39 Å². The SMILES string of the molecule is Nc1cc(F)cc(CN(CCO)C2CC2)c1. The minimum absolute atomic E-state index is 0.140. The second kappa shape index (κ2) is 4.80. The van der Waals surface area contributed by atoms with Gasteiger partial charge >= 0.3 is 0 Å². The number of benzene rings is 1. The van der Waals surface area contributed by atoms with Crippen molar-refractivity contribution in [1.29, 1.82) is 0 Å². The Kier molecular flexibility index (Phi) is 3.41. The topological polar surface area (TPSA) is 49.5 Å². The first-order valence-electron chi connectivity index (χ1n) is 5.59. The molecule has 3 N–H and O–H groups in total. The minimum Gasteiger partial charge on any atom is -0.399 e. The van der Waals surface area contributed by atoms with E-state index in [0.717, 1.165) is 5.56 Å². The maximum atomic E-state index is 13.1. The largest absolute Gasteiger partial charge is 0.399 e. The van der Waals surface area contributed by atoms with E-state index in [1.807, 2.05) is 0 Å². The van der Waals surface area contributed by atoms with E-state index in [2.05, 4.69) is 4.90 Å². The molecule has 0 aliphatic heterocycles. The summed E-state index contributed by atoms with van der Waals surface area (Å²) < 4.78 is 13.1. The number of hydrogen-bond donors (Lipinski definition) is 2. The number of hydrogen-bond acceptors (Lipinski definition) is 3. The lowest BCUT2D eigenvalue weighted by Gasteiger charge is -2.21. The summed E-state index contributed by atoms with van der Waals surface area (Å²) in [5.41, 5.74) is 6.92. The summed E-state index contributed by atoms with van der Waals surface area (Å²) in [4.78, 5) is 2.17. The monoisotopic (exact) mass is 224 g/mol. The molecule has 0 heterocycles. The van der Waals surface area contributed by atoms with E-state index in [1.165, 1.54) is 25.0 Å². The number of anilines is 1. The summed E-state index contributed by atoms with van der Waals surface area (Å²) >= 11 is 0. The lowest BCUT2D eigenvalue weighted by Crippen LogP contribution is -2.28. The maximum absolute atomic E-state index is 13.1. The molecule has 0 radical (unpaired) electrons. The van der Waals surface area contributed by atoms with Crippen LogP contribution in [-0.4, -0.2) is 29.2 Å². The Morgan fingerprint density at radius 1 is 1.38 bits per heavy atom. The van der Waals surface area contributed by atoms with Crippen LogP contribution in [0.2, 0.25) is 0 Å². The van der Waals surface area contributed by atoms with Crippen LogP contribution in [0.5, 0.6) is 0 Å². The van der Waals surface area contributed by atoms with Crippen LogP contribution in [0.3, 0.4) is 0 Å². The Morgan fingerprint density at radius 3 is 2.69 bits per heavy atom. The van der Waals surface area contributed by atoms with Crippen LogP contribution < -0.4 is 5.73 Å². The highest BCUT2D eigenvalue weighted by Crippen LogP contribution is 2.28. The molecule has 0 amide bonds. The van der Waals surface area contributed by atoms with Gasteiger partial charge in [-0.05, 0) is 36.6 Å². The highest BCUT2D eigenvalue weighted by Gasteiger charge is 2.28. The zero-order chi connectivity index (χ0) is 11.5. The van der Waals surface area contributed by atoms with Gasteiger partial charge in [0.05, 0.1) is 6.61 Å². The van der Waals surface area contributed by atoms with Crippen LogP contribution in [0.25, 0.3) is 0 Å². The molecule has 1 aliphatic rings. The van der Waals surface area contributed by atoms with E-state index in [4.69, 9.17) is 10.8 Å². The van der Waals surface area contributed by atoms with Crippen molar-refractivity contribution >= 4 is 5.69 Å². The molecule has 88 valence electrons.